The van der Waals surface area contributed by atoms with Crippen molar-refractivity contribution in [3.05, 3.63) is 41.4 Å². The number of carbonyl (C=O) groups excluding carboxylic acids is 1. The van der Waals surface area contributed by atoms with Gasteiger partial charge in [-0.15, -0.1) is 0 Å². The fourth-order valence-electron chi connectivity index (χ4n) is 1.47. The maximum absolute atomic E-state index is 11.7. The number of halogens is 1. The van der Waals surface area contributed by atoms with Crippen molar-refractivity contribution >= 4 is 23.3 Å². The van der Waals surface area contributed by atoms with Crippen LogP contribution in [0.1, 0.15) is 20.3 Å². The molecule has 0 bridgehead atoms. The molecule has 1 aromatic rings. The van der Waals surface area contributed by atoms with Crippen LogP contribution in [0, 0.1) is 0 Å². The molecule has 92 valence electrons. The van der Waals surface area contributed by atoms with Gasteiger partial charge in [0.25, 0.3) is 0 Å². The second kappa shape index (κ2) is 6.30. The van der Waals surface area contributed by atoms with E-state index in [0.29, 0.717) is 10.7 Å². The van der Waals surface area contributed by atoms with Gasteiger partial charge in [-0.05, 0) is 31.5 Å². The Bertz CT molecular complexity index is 418. The quantitative estimate of drug-likeness (QED) is 0.786. The lowest BCUT2D eigenvalue weighted by Crippen LogP contribution is -2.38. The van der Waals surface area contributed by atoms with E-state index < -0.39 is 0 Å². The van der Waals surface area contributed by atoms with Gasteiger partial charge in [-0.25, -0.2) is 4.79 Å². The maximum atomic E-state index is 11.7. The third-order valence-electron chi connectivity index (χ3n) is 2.39. The molecular weight excluding hydrogens is 236 g/mol. The summed E-state index contributed by atoms with van der Waals surface area (Å²) in [6, 6.07) is 6.77. The Kier molecular flexibility index (Phi) is 5.04. The van der Waals surface area contributed by atoms with E-state index in [4.69, 9.17) is 11.6 Å². The van der Waals surface area contributed by atoms with Gasteiger partial charge in [0, 0.05) is 10.7 Å². The van der Waals surface area contributed by atoms with Crippen LogP contribution in [0.5, 0.6) is 0 Å². The lowest BCUT2D eigenvalue weighted by atomic mass is 10.1. The molecule has 0 aliphatic carbocycles. The Morgan fingerprint density at radius 2 is 2.24 bits per heavy atom. The standard InChI is InChI=1S/C13H17ClN2O/c1-4-12(9(2)3)16-13(17)15-11-7-5-6-10(14)8-11/h5-8,12H,2,4H2,1,3H3,(H2,15,16,17). The highest BCUT2D eigenvalue weighted by Crippen LogP contribution is 2.14. The van der Waals surface area contributed by atoms with Gasteiger partial charge < -0.3 is 10.6 Å². The van der Waals surface area contributed by atoms with E-state index in [1.807, 2.05) is 13.8 Å². The molecule has 0 aliphatic heterocycles. The van der Waals surface area contributed by atoms with Gasteiger partial charge in [-0.2, -0.15) is 0 Å². The van der Waals surface area contributed by atoms with Crippen LogP contribution in [0.25, 0.3) is 0 Å². The molecule has 0 saturated heterocycles. The summed E-state index contributed by atoms with van der Waals surface area (Å²) in [6.45, 7) is 7.73. The van der Waals surface area contributed by atoms with Crippen LogP contribution in [-0.2, 0) is 0 Å². The molecule has 1 atom stereocenters. The fraction of sp³-hybridized carbons (Fsp3) is 0.308. The number of anilines is 1. The number of hydrogen-bond acceptors (Lipinski definition) is 1. The number of benzene rings is 1. The minimum atomic E-state index is -0.248. The summed E-state index contributed by atoms with van der Waals surface area (Å²) in [6.07, 6.45) is 0.818. The Balaban J connectivity index is 2.58. The number of carbonyl (C=O) groups is 1. The normalized spacial score (nSPS) is 11.7. The van der Waals surface area contributed by atoms with E-state index in [0.717, 1.165) is 12.0 Å². The van der Waals surface area contributed by atoms with Gasteiger partial charge in [0.1, 0.15) is 0 Å². The summed E-state index contributed by atoms with van der Waals surface area (Å²) in [4.78, 5) is 11.7. The number of amides is 2. The van der Waals surface area contributed by atoms with E-state index >= 15 is 0 Å². The van der Waals surface area contributed by atoms with Crippen LogP contribution >= 0.6 is 11.6 Å². The minimum absolute atomic E-state index is 0.00539. The summed E-state index contributed by atoms with van der Waals surface area (Å²) in [5, 5.41) is 6.16. The Morgan fingerprint density at radius 3 is 2.76 bits per heavy atom. The van der Waals surface area contributed by atoms with Gasteiger partial charge in [0.05, 0.1) is 6.04 Å². The van der Waals surface area contributed by atoms with E-state index in [9.17, 15) is 4.79 Å². The van der Waals surface area contributed by atoms with Crippen LogP contribution in [0.15, 0.2) is 36.4 Å². The second-order valence-electron chi connectivity index (χ2n) is 3.92. The fourth-order valence-corrected chi connectivity index (χ4v) is 1.66. The first-order valence-electron chi connectivity index (χ1n) is 5.51. The molecule has 0 fully saturated rings. The van der Waals surface area contributed by atoms with Crippen LogP contribution < -0.4 is 10.6 Å². The van der Waals surface area contributed by atoms with Crippen LogP contribution in [-0.4, -0.2) is 12.1 Å². The highest BCUT2D eigenvalue weighted by Gasteiger charge is 2.10. The van der Waals surface area contributed by atoms with Crippen molar-refractivity contribution < 1.29 is 4.79 Å². The smallest absolute Gasteiger partial charge is 0.319 e. The van der Waals surface area contributed by atoms with Gasteiger partial charge in [0.2, 0.25) is 0 Å². The van der Waals surface area contributed by atoms with Crippen LogP contribution in [0.4, 0.5) is 10.5 Å². The Hall–Kier alpha value is -1.48. The average Bonchev–Trinajstić information content (AvgIpc) is 2.25. The van der Waals surface area contributed by atoms with Gasteiger partial charge in [0.15, 0.2) is 0 Å². The van der Waals surface area contributed by atoms with Crippen molar-refractivity contribution in [3.63, 3.8) is 0 Å². The van der Waals surface area contributed by atoms with E-state index in [1.165, 1.54) is 0 Å². The molecule has 0 aliphatic rings. The Labute approximate surface area is 107 Å². The lowest BCUT2D eigenvalue weighted by Gasteiger charge is -2.17. The predicted molar refractivity (Wildman–Crippen MR) is 72.5 cm³/mol. The molecule has 0 spiro atoms. The van der Waals surface area contributed by atoms with Gasteiger partial charge in [-0.3, -0.25) is 0 Å². The molecule has 0 heterocycles. The highest BCUT2D eigenvalue weighted by molar-refractivity contribution is 6.30. The molecule has 4 heteroatoms. The number of rotatable bonds is 4. The third kappa shape index (κ3) is 4.49. The molecule has 1 rings (SSSR count). The summed E-state index contributed by atoms with van der Waals surface area (Å²) < 4.78 is 0. The van der Waals surface area contributed by atoms with Crippen molar-refractivity contribution in [3.8, 4) is 0 Å². The van der Waals surface area contributed by atoms with Crippen LogP contribution in [0.2, 0.25) is 5.02 Å². The average molecular weight is 253 g/mol. The molecule has 1 unspecified atom stereocenters. The minimum Gasteiger partial charge on any atom is -0.331 e. The summed E-state index contributed by atoms with van der Waals surface area (Å²) >= 11 is 5.83. The molecule has 3 nitrogen and oxygen atoms in total. The molecule has 1 aromatic carbocycles. The Morgan fingerprint density at radius 1 is 1.53 bits per heavy atom. The number of urea groups is 1. The van der Waals surface area contributed by atoms with Gasteiger partial charge in [-0.1, -0.05) is 36.7 Å². The summed E-state index contributed by atoms with van der Waals surface area (Å²) in [7, 11) is 0. The second-order valence-corrected chi connectivity index (χ2v) is 4.35. The number of nitrogens with one attached hydrogen (secondary N) is 2. The molecule has 0 saturated carbocycles. The largest absolute Gasteiger partial charge is 0.331 e. The van der Waals surface area contributed by atoms with E-state index in [-0.39, 0.29) is 12.1 Å². The first-order valence-corrected chi connectivity index (χ1v) is 5.89. The molecule has 17 heavy (non-hydrogen) atoms. The highest BCUT2D eigenvalue weighted by atomic mass is 35.5. The van der Waals surface area contributed by atoms with Crippen LogP contribution in [0.3, 0.4) is 0 Å². The third-order valence-corrected chi connectivity index (χ3v) is 2.63. The molecule has 2 N–H and O–H groups in total. The SMILES string of the molecule is C=C(C)C(CC)NC(=O)Nc1cccc(Cl)c1. The van der Waals surface area contributed by atoms with E-state index in [1.54, 1.807) is 24.3 Å². The van der Waals surface area contributed by atoms with Crippen molar-refractivity contribution in [2.24, 2.45) is 0 Å². The first kappa shape index (κ1) is 13.6. The number of hydrogen-bond donors (Lipinski definition) is 2. The van der Waals surface area contributed by atoms with Crippen molar-refractivity contribution in [2.45, 2.75) is 26.3 Å². The predicted octanol–water partition coefficient (Wildman–Crippen LogP) is 3.82. The van der Waals surface area contributed by atoms with Crippen molar-refractivity contribution in [1.82, 2.24) is 5.32 Å². The van der Waals surface area contributed by atoms with Gasteiger partial charge >= 0.3 is 6.03 Å². The summed E-state index contributed by atoms with van der Waals surface area (Å²) in [5.41, 5.74) is 1.61. The molecule has 0 radical (unpaired) electrons. The molecule has 2 amide bonds. The maximum Gasteiger partial charge on any atom is 0.319 e. The van der Waals surface area contributed by atoms with Crippen molar-refractivity contribution in [1.29, 1.82) is 0 Å². The topological polar surface area (TPSA) is 41.1 Å². The first-order chi connectivity index (χ1) is 8.02. The zero-order valence-electron chi connectivity index (χ0n) is 10.1. The lowest BCUT2D eigenvalue weighted by molar-refractivity contribution is 0.249. The zero-order chi connectivity index (χ0) is 12.8. The zero-order valence-corrected chi connectivity index (χ0v) is 10.8. The molecule has 0 aromatic heterocycles. The molecular formula is C13H17ClN2O. The summed E-state index contributed by atoms with van der Waals surface area (Å²) in [5.74, 6) is 0. The van der Waals surface area contributed by atoms with Crippen molar-refractivity contribution in [2.75, 3.05) is 5.32 Å². The monoisotopic (exact) mass is 252 g/mol. The van der Waals surface area contributed by atoms with E-state index in [2.05, 4.69) is 17.2 Å².